The van der Waals surface area contributed by atoms with E-state index >= 15 is 0 Å². The van der Waals surface area contributed by atoms with Crippen molar-refractivity contribution in [1.29, 1.82) is 0 Å². The number of ether oxygens (including phenoxy) is 2. The largest absolute Gasteiger partial charge is 0.480 e. The molecule has 0 aromatic carbocycles. The third-order valence-corrected chi connectivity index (χ3v) is 10.5. The van der Waals surface area contributed by atoms with E-state index in [-0.39, 0.29) is 19.4 Å². The van der Waals surface area contributed by atoms with Crippen LogP contribution < -0.4 is 5.73 Å². The summed E-state index contributed by atoms with van der Waals surface area (Å²) in [5.41, 5.74) is 5.34. The molecule has 0 rings (SSSR count). The number of hydrogen-bond acceptors (Lipinski definition) is 9. The third kappa shape index (κ3) is 40.2. The molecule has 12 heteroatoms. The molecule has 11 nitrogen and oxygen atoms in total. The van der Waals surface area contributed by atoms with Crippen LogP contribution in [0.15, 0.2) is 48.6 Å². The molecule has 58 heavy (non-hydrogen) atoms. The van der Waals surface area contributed by atoms with E-state index in [0.717, 1.165) is 83.5 Å². The zero-order valence-corrected chi connectivity index (χ0v) is 37.3. The van der Waals surface area contributed by atoms with Crippen molar-refractivity contribution in [3.8, 4) is 0 Å². The van der Waals surface area contributed by atoms with E-state index in [9.17, 15) is 23.8 Å². The zero-order chi connectivity index (χ0) is 42.8. The fraction of sp³-hybridized carbons (Fsp3) is 0.761. The summed E-state index contributed by atoms with van der Waals surface area (Å²) < 4.78 is 32.7. The van der Waals surface area contributed by atoms with Crippen LogP contribution in [0.2, 0.25) is 0 Å². The van der Waals surface area contributed by atoms with Gasteiger partial charge in [-0.3, -0.25) is 23.4 Å². The first-order chi connectivity index (χ1) is 28.1. The van der Waals surface area contributed by atoms with Crippen LogP contribution in [0.1, 0.15) is 194 Å². The van der Waals surface area contributed by atoms with Gasteiger partial charge in [0.25, 0.3) is 0 Å². The molecule has 0 aliphatic heterocycles. The Morgan fingerprint density at radius 1 is 0.552 bits per heavy atom. The third-order valence-electron chi connectivity index (χ3n) is 9.59. The lowest BCUT2D eigenvalue weighted by Gasteiger charge is -2.20. The second-order valence-corrected chi connectivity index (χ2v) is 16.6. The number of allylic oxidation sites excluding steroid dienone is 8. The maximum atomic E-state index is 12.6. The Balaban J connectivity index is 4.36. The minimum Gasteiger partial charge on any atom is -0.480 e. The summed E-state index contributed by atoms with van der Waals surface area (Å²) in [5.74, 6) is -2.39. The second-order valence-electron chi connectivity index (χ2n) is 15.2. The molecule has 0 fully saturated rings. The molecule has 0 aliphatic carbocycles. The van der Waals surface area contributed by atoms with Crippen molar-refractivity contribution < 1.29 is 47.5 Å². The lowest BCUT2D eigenvalue weighted by molar-refractivity contribution is -0.161. The summed E-state index contributed by atoms with van der Waals surface area (Å²) in [4.78, 5) is 46.0. The highest BCUT2D eigenvalue weighted by Crippen LogP contribution is 2.43. The number of phosphoric ester groups is 1. The molecule has 0 aromatic heterocycles. The average Bonchev–Trinajstić information content (AvgIpc) is 3.20. The van der Waals surface area contributed by atoms with E-state index in [1.165, 1.54) is 70.6 Å². The Morgan fingerprint density at radius 3 is 1.45 bits per heavy atom. The molecule has 0 spiro atoms. The summed E-state index contributed by atoms with van der Waals surface area (Å²) in [7, 11) is -4.72. The maximum Gasteiger partial charge on any atom is 0.472 e. The number of esters is 2. The van der Waals surface area contributed by atoms with E-state index in [4.69, 9.17) is 24.8 Å². The van der Waals surface area contributed by atoms with Crippen molar-refractivity contribution in [2.45, 2.75) is 206 Å². The SMILES string of the molecule is CCC=CCC=CCC=CCC=CCCCCCCCCC(=O)OC(COC(=O)CCCCCCCCCCCCCCCCC)COP(=O)(O)OCC(N)C(=O)O. The highest BCUT2D eigenvalue weighted by molar-refractivity contribution is 7.47. The number of nitrogens with two attached hydrogens (primary N) is 1. The summed E-state index contributed by atoms with van der Waals surface area (Å²) in [6, 6.07) is -1.52. The van der Waals surface area contributed by atoms with Crippen molar-refractivity contribution in [2.24, 2.45) is 5.73 Å². The van der Waals surface area contributed by atoms with Crippen LogP contribution in [-0.2, 0) is 37.5 Å². The van der Waals surface area contributed by atoms with Gasteiger partial charge in [0.05, 0.1) is 13.2 Å². The molecule has 0 saturated heterocycles. The van der Waals surface area contributed by atoms with Crippen LogP contribution in [0.3, 0.4) is 0 Å². The van der Waals surface area contributed by atoms with Gasteiger partial charge in [0.2, 0.25) is 0 Å². The lowest BCUT2D eigenvalue weighted by atomic mass is 10.0. The number of aliphatic carboxylic acids is 1. The molecule has 336 valence electrons. The molecule has 3 unspecified atom stereocenters. The summed E-state index contributed by atoms with van der Waals surface area (Å²) in [6.07, 6.45) is 46.0. The van der Waals surface area contributed by atoms with Crippen LogP contribution in [-0.4, -0.2) is 59.9 Å². The first-order valence-electron chi connectivity index (χ1n) is 22.7. The molecule has 0 bridgehead atoms. The standard InChI is InChI=1S/C46H82NO10P/c1-3-5-7-9-11-13-15-17-19-20-21-22-24-26-28-30-32-34-36-38-45(49)57-42(40-55-58(52,53)56-41-43(47)46(50)51)39-54-44(48)37-35-33-31-29-27-25-23-18-16-14-12-10-8-6-4-2/h5,7,11,13,17,19,21-22,42-43H,3-4,6,8-10,12,14-16,18,20,23-41,47H2,1-2H3,(H,50,51)(H,52,53). The molecular weight excluding hydrogens is 757 g/mol. The Kier molecular flexibility index (Phi) is 39.4. The van der Waals surface area contributed by atoms with Crippen molar-refractivity contribution in [1.82, 2.24) is 0 Å². The van der Waals surface area contributed by atoms with Crippen LogP contribution >= 0.6 is 7.82 Å². The Hall–Kier alpha value is -2.56. The van der Waals surface area contributed by atoms with Gasteiger partial charge in [-0.25, -0.2) is 4.57 Å². The fourth-order valence-electron chi connectivity index (χ4n) is 6.06. The number of carboxylic acids is 1. The maximum absolute atomic E-state index is 12.6. The van der Waals surface area contributed by atoms with Crippen LogP contribution in [0, 0.1) is 0 Å². The van der Waals surface area contributed by atoms with E-state index in [1.807, 2.05) is 0 Å². The number of unbranched alkanes of at least 4 members (excludes halogenated alkanes) is 20. The van der Waals surface area contributed by atoms with Gasteiger partial charge < -0.3 is 25.2 Å². The van der Waals surface area contributed by atoms with Gasteiger partial charge in [-0.2, -0.15) is 0 Å². The normalized spacial score (nSPS) is 14.1. The van der Waals surface area contributed by atoms with Crippen molar-refractivity contribution in [2.75, 3.05) is 19.8 Å². The summed E-state index contributed by atoms with van der Waals surface area (Å²) >= 11 is 0. The first kappa shape index (κ1) is 55.4. The van der Waals surface area contributed by atoms with Gasteiger partial charge in [0.15, 0.2) is 6.10 Å². The predicted molar refractivity (Wildman–Crippen MR) is 235 cm³/mol. The highest BCUT2D eigenvalue weighted by Gasteiger charge is 2.28. The smallest absolute Gasteiger partial charge is 0.472 e. The molecule has 0 aromatic rings. The number of carbonyl (C=O) groups is 3. The number of hydrogen-bond donors (Lipinski definition) is 3. The second kappa shape index (κ2) is 41.2. The van der Waals surface area contributed by atoms with Gasteiger partial charge in [0.1, 0.15) is 12.6 Å². The number of carboxylic acid groups (broad SMARTS) is 1. The number of rotatable bonds is 42. The minimum absolute atomic E-state index is 0.145. The number of phosphoric acid groups is 1. The molecule has 0 heterocycles. The first-order valence-corrected chi connectivity index (χ1v) is 24.2. The van der Waals surface area contributed by atoms with E-state index in [0.29, 0.717) is 12.8 Å². The Bertz CT molecular complexity index is 1170. The zero-order valence-electron chi connectivity index (χ0n) is 36.4. The molecule has 3 atom stereocenters. The van der Waals surface area contributed by atoms with E-state index in [2.05, 4.69) is 67.0 Å². The Morgan fingerprint density at radius 2 is 0.966 bits per heavy atom. The highest BCUT2D eigenvalue weighted by atomic mass is 31.2. The average molecular weight is 840 g/mol. The Labute approximate surface area is 352 Å². The molecule has 0 radical (unpaired) electrons. The monoisotopic (exact) mass is 840 g/mol. The molecule has 0 amide bonds. The van der Waals surface area contributed by atoms with Crippen LogP contribution in [0.4, 0.5) is 0 Å². The van der Waals surface area contributed by atoms with Gasteiger partial charge in [0, 0.05) is 12.8 Å². The van der Waals surface area contributed by atoms with Gasteiger partial charge in [-0.1, -0.05) is 178 Å². The predicted octanol–water partition coefficient (Wildman–Crippen LogP) is 12.2. The van der Waals surface area contributed by atoms with Crippen LogP contribution in [0.25, 0.3) is 0 Å². The minimum atomic E-state index is -4.72. The van der Waals surface area contributed by atoms with Gasteiger partial charge in [-0.15, -0.1) is 0 Å². The molecule has 4 N–H and O–H groups in total. The quantitative estimate of drug-likeness (QED) is 0.0231. The van der Waals surface area contributed by atoms with Crippen molar-refractivity contribution >= 4 is 25.7 Å². The van der Waals surface area contributed by atoms with Gasteiger partial charge >= 0.3 is 25.7 Å². The van der Waals surface area contributed by atoms with Gasteiger partial charge in [-0.05, 0) is 51.4 Å². The molecule has 0 aliphatic rings. The van der Waals surface area contributed by atoms with Crippen molar-refractivity contribution in [3.05, 3.63) is 48.6 Å². The topological polar surface area (TPSA) is 172 Å². The van der Waals surface area contributed by atoms with Crippen LogP contribution in [0.5, 0.6) is 0 Å². The lowest BCUT2D eigenvalue weighted by Crippen LogP contribution is -2.34. The summed E-state index contributed by atoms with van der Waals surface area (Å²) in [5, 5.41) is 8.90. The van der Waals surface area contributed by atoms with Crippen molar-refractivity contribution in [3.63, 3.8) is 0 Å². The van der Waals surface area contributed by atoms with E-state index < -0.39 is 51.1 Å². The molecular formula is C46H82NO10P. The number of carbonyl (C=O) groups excluding carboxylic acids is 2. The van der Waals surface area contributed by atoms with E-state index in [1.54, 1.807) is 0 Å². The fourth-order valence-corrected chi connectivity index (χ4v) is 6.83. The molecule has 0 saturated carbocycles. The summed E-state index contributed by atoms with van der Waals surface area (Å²) in [6.45, 7) is 2.69.